The highest BCUT2D eigenvalue weighted by Crippen LogP contribution is 2.33. The molecule has 1 aliphatic heterocycles. The van der Waals surface area contributed by atoms with Crippen LogP contribution in [0.2, 0.25) is 0 Å². The summed E-state index contributed by atoms with van der Waals surface area (Å²) in [6.07, 6.45) is 0.687. The van der Waals surface area contributed by atoms with E-state index in [0.717, 1.165) is 5.56 Å². The van der Waals surface area contributed by atoms with Crippen molar-refractivity contribution >= 4 is 0 Å². The average Bonchev–Trinajstić information content (AvgIpc) is 2.02. The van der Waals surface area contributed by atoms with Crippen molar-refractivity contribution < 1.29 is 9.13 Å². The zero-order chi connectivity index (χ0) is 9.42. The second-order valence-corrected chi connectivity index (χ2v) is 3.40. The molecular formula is C10H12FNO. The maximum atomic E-state index is 13.4. The lowest BCUT2D eigenvalue weighted by atomic mass is 9.99. The molecule has 0 saturated carbocycles. The normalized spacial score (nSPS) is 20.7. The van der Waals surface area contributed by atoms with E-state index in [-0.39, 0.29) is 11.9 Å². The fourth-order valence-electron chi connectivity index (χ4n) is 1.64. The smallest absolute Gasteiger partial charge is 0.131 e. The quantitative estimate of drug-likeness (QED) is 0.663. The Morgan fingerprint density at radius 3 is 3.08 bits per heavy atom. The van der Waals surface area contributed by atoms with E-state index in [1.54, 1.807) is 0 Å². The molecule has 0 bridgehead atoms. The Morgan fingerprint density at radius 2 is 2.31 bits per heavy atom. The number of benzene rings is 1. The van der Waals surface area contributed by atoms with E-state index >= 15 is 0 Å². The molecule has 0 aliphatic carbocycles. The van der Waals surface area contributed by atoms with E-state index in [4.69, 9.17) is 10.5 Å². The van der Waals surface area contributed by atoms with Crippen LogP contribution >= 0.6 is 0 Å². The molecule has 3 heteroatoms. The largest absolute Gasteiger partial charge is 0.493 e. The van der Waals surface area contributed by atoms with E-state index in [9.17, 15) is 4.39 Å². The highest BCUT2D eigenvalue weighted by molar-refractivity contribution is 5.41. The predicted octanol–water partition coefficient (Wildman–Crippen LogP) is 1.92. The first kappa shape index (κ1) is 8.51. The Balaban J connectivity index is 2.56. The summed E-state index contributed by atoms with van der Waals surface area (Å²) in [5.41, 5.74) is 7.17. The van der Waals surface area contributed by atoms with Gasteiger partial charge in [-0.15, -0.1) is 0 Å². The Labute approximate surface area is 76.5 Å². The van der Waals surface area contributed by atoms with Crippen LogP contribution < -0.4 is 10.5 Å². The molecule has 1 aliphatic rings. The van der Waals surface area contributed by atoms with Gasteiger partial charge in [-0.2, -0.15) is 0 Å². The minimum Gasteiger partial charge on any atom is -0.493 e. The molecule has 2 nitrogen and oxygen atoms in total. The molecule has 0 radical (unpaired) electrons. The SMILES string of the molecule is Cc1cc(F)c2c(c1)OCCC2N. The molecule has 1 heterocycles. The van der Waals surface area contributed by atoms with Gasteiger partial charge < -0.3 is 10.5 Å². The Bertz CT molecular complexity index is 338. The van der Waals surface area contributed by atoms with Gasteiger partial charge in [-0.25, -0.2) is 4.39 Å². The van der Waals surface area contributed by atoms with Gasteiger partial charge in [0.05, 0.1) is 6.61 Å². The number of ether oxygens (including phenoxy) is 1. The van der Waals surface area contributed by atoms with Crippen molar-refractivity contribution in [2.75, 3.05) is 6.61 Å². The molecule has 1 aromatic carbocycles. The lowest BCUT2D eigenvalue weighted by Crippen LogP contribution is -2.22. The number of fused-ring (bicyclic) bond motifs is 1. The van der Waals surface area contributed by atoms with Crippen LogP contribution in [0.4, 0.5) is 4.39 Å². The van der Waals surface area contributed by atoms with Crippen LogP contribution in [-0.2, 0) is 0 Å². The van der Waals surface area contributed by atoms with Crippen molar-refractivity contribution in [1.82, 2.24) is 0 Å². The van der Waals surface area contributed by atoms with Crippen molar-refractivity contribution in [3.63, 3.8) is 0 Å². The number of nitrogens with two attached hydrogens (primary N) is 1. The summed E-state index contributed by atoms with van der Waals surface area (Å²) >= 11 is 0. The average molecular weight is 181 g/mol. The third-order valence-electron chi connectivity index (χ3n) is 2.29. The summed E-state index contributed by atoms with van der Waals surface area (Å²) < 4.78 is 18.8. The molecule has 0 aromatic heterocycles. The van der Waals surface area contributed by atoms with Crippen molar-refractivity contribution in [2.45, 2.75) is 19.4 Å². The van der Waals surface area contributed by atoms with E-state index in [1.807, 2.05) is 13.0 Å². The first-order chi connectivity index (χ1) is 6.18. The molecular weight excluding hydrogens is 169 g/mol. The summed E-state index contributed by atoms with van der Waals surface area (Å²) in [6.45, 7) is 2.42. The fourth-order valence-corrected chi connectivity index (χ4v) is 1.64. The summed E-state index contributed by atoms with van der Waals surface area (Å²) in [6, 6.07) is 3.11. The topological polar surface area (TPSA) is 35.2 Å². The molecule has 1 aromatic rings. The van der Waals surface area contributed by atoms with E-state index in [2.05, 4.69) is 0 Å². The van der Waals surface area contributed by atoms with Crippen LogP contribution in [0.25, 0.3) is 0 Å². The second-order valence-electron chi connectivity index (χ2n) is 3.40. The van der Waals surface area contributed by atoms with Crippen LogP contribution in [0, 0.1) is 12.7 Å². The van der Waals surface area contributed by atoms with Crippen LogP contribution in [0.3, 0.4) is 0 Å². The molecule has 1 unspecified atom stereocenters. The van der Waals surface area contributed by atoms with Gasteiger partial charge in [-0.3, -0.25) is 0 Å². The molecule has 1 atom stereocenters. The van der Waals surface area contributed by atoms with Gasteiger partial charge in [-0.05, 0) is 24.6 Å². The van der Waals surface area contributed by atoms with Crippen molar-refractivity contribution in [3.8, 4) is 5.75 Å². The second kappa shape index (κ2) is 3.00. The lowest BCUT2D eigenvalue weighted by molar-refractivity contribution is 0.263. The van der Waals surface area contributed by atoms with Gasteiger partial charge in [0, 0.05) is 18.0 Å². The van der Waals surface area contributed by atoms with Gasteiger partial charge in [0.1, 0.15) is 11.6 Å². The lowest BCUT2D eigenvalue weighted by Gasteiger charge is -2.23. The summed E-state index contributed by atoms with van der Waals surface area (Å²) in [5, 5.41) is 0. The molecule has 0 amide bonds. The molecule has 2 rings (SSSR count). The molecule has 0 spiro atoms. The zero-order valence-corrected chi connectivity index (χ0v) is 7.51. The Hall–Kier alpha value is -1.09. The first-order valence-electron chi connectivity index (χ1n) is 4.37. The molecule has 2 N–H and O–H groups in total. The minimum atomic E-state index is -0.248. The van der Waals surface area contributed by atoms with Gasteiger partial charge in [0.15, 0.2) is 0 Å². The molecule has 0 fully saturated rings. The molecule has 70 valence electrons. The summed E-state index contributed by atoms with van der Waals surface area (Å²) in [4.78, 5) is 0. The van der Waals surface area contributed by atoms with Crippen molar-refractivity contribution in [3.05, 3.63) is 29.1 Å². The number of rotatable bonds is 0. The standard InChI is InChI=1S/C10H12FNO/c1-6-4-7(11)10-8(12)2-3-13-9(10)5-6/h4-5,8H,2-3,12H2,1H3. The zero-order valence-electron chi connectivity index (χ0n) is 7.51. The summed E-state index contributed by atoms with van der Waals surface area (Å²) in [5.74, 6) is 0.360. The van der Waals surface area contributed by atoms with E-state index < -0.39 is 0 Å². The van der Waals surface area contributed by atoms with E-state index in [0.29, 0.717) is 24.3 Å². The Kier molecular flexibility index (Phi) is 1.96. The predicted molar refractivity (Wildman–Crippen MR) is 48.2 cm³/mol. The third-order valence-corrected chi connectivity index (χ3v) is 2.29. The van der Waals surface area contributed by atoms with Crippen LogP contribution in [0.5, 0.6) is 5.75 Å². The number of aryl methyl sites for hydroxylation is 1. The van der Waals surface area contributed by atoms with Crippen LogP contribution in [0.15, 0.2) is 12.1 Å². The molecule has 0 saturated heterocycles. The van der Waals surface area contributed by atoms with Crippen LogP contribution in [0.1, 0.15) is 23.6 Å². The van der Waals surface area contributed by atoms with Crippen molar-refractivity contribution in [1.29, 1.82) is 0 Å². The highest BCUT2D eigenvalue weighted by atomic mass is 19.1. The number of halogens is 1. The number of hydrogen-bond donors (Lipinski definition) is 1. The minimum absolute atomic E-state index is 0.218. The van der Waals surface area contributed by atoms with Gasteiger partial charge in [0.2, 0.25) is 0 Å². The van der Waals surface area contributed by atoms with Gasteiger partial charge in [0.25, 0.3) is 0 Å². The highest BCUT2D eigenvalue weighted by Gasteiger charge is 2.22. The monoisotopic (exact) mass is 181 g/mol. The fraction of sp³-hybridized carbons (Fsp3) is 0.400. The first-order valence-corrected chi connectivity index (χ1v) is 4.37. The van der Waals surface area contributed by atoms with Crippen LogP contribution in [-0.4, -0.2) is 6.61 Å². The Morgan fingerprint density at radius 1 is 1.54 bits per heavy atom. The molecule has 13 heavy (non-hydrogen) atoms. The maximum Gasteiger partial charge on any atom is 0.131 e. The number of hydrogen-bond acceptors (Lipinski definition) is 2. The van der Waals surface area contributed by atoms with Gasteiger partial charge >= 0.3 is 0 Å². The van der Waals surface area contributed by atoms with E-state index in [1.165, 1.54) is 6.07 Å². The van der Waals surface area contributed by atoms with Crippen molar-refractivity contribution in [2.24, 2.45) is 5.73 Å². The maximum absolute atomic E-state index is 13.4. The van der Waals surface area contributed by atoms with Gasteiger partial charge in [-0.1, -0.05) is 0 Å². The summed E-state index contributed by atoms with van der Waals surface area (Å²) in [7, 11) is 0. The third kappa shape index (κ3) is 1.40.